The van der Waals surface area contributed by atoms with E-state index in [2.05, 4.69) is 4.98 Å². The Labute approximate surface area is 217 Å². The second kappa shape index (κ2) is 10.4. The highest BCUT2D eigenvalue weighted by Crippen LogP contribution is 2.34. The minimum atomic E-state index is -0.737. The Morgan fingerprint density at radius 3 is 2.26 bits per heavy atom. The van der Waals surface area contributed by atoms with Gasteiger partial charge >= 0.3 is 11.9 Å². The zero-order valence-corrected chi connectivity index (χ0v) is 20.8. The van der Waals surface area contributed by atoms with Crippen LogP contribution < -0.4 is 0 Å². The maximum atomic E-state index is 12.9. The molecule has 194 valence electrons. The van der Waals surface area contributed by atoms with Crippen molar-refractivity contribution >= 4 is 28.7 Å². The molecule has 3 atom stereocenters. The number of carbonyl (C=O) groups is 2. The van der Waals surface area contributed by atoms with E-state index in [1.165, 1.54) is 18.5 Å². The van der Waals surface area contributed by atoms with Gasteiger partial charge in [-0.2, -0.15) is 0 Å². The van der Waals surface area contributed by atoms with Crippen LogP contribution in [0.15, 0.2) is 73.1 Å². The van der Waals surface area contributed by atoms with Crippen LogP contribution in [0, 0.1) is 24.0 Å². The number of aromatic nitrogens is 2. The number of hydrogen-bond acceptors (Lipinski definition) is 8. The van der Waals surface area contributed by atoms with Crippen LogP contribution in [0.25, 0.3) is 11.0 Å². The molecule has 0 unspecified atom stereocenters. The summed E-state index contributed by atoms with van der Waals surface area (Å²) in [7, 11) is 0. The maximum Gasteiger partial charge on any atom is 0.338 e. The zero-order valence-electron chi connectivity index (χ0n) is 20.8. The third-order valence-electron chi connectivity index (χ3n) is 6.47. The molecule has 10 heteroatoms. The van der Waals surface area contributed by atoms with Crippen molar-refractivity contribution in [1.29, 1.82) is 0 Å². The summed E-state index contributed by atoms with van der Waals surface area (Å²) in [6.07, 6.45) is -0.249. The first-order valence-electron chi connectivity index (χ1n) is 12.1. The summed E-state index contributed by atoms with van der Waals surface area (Å²) in [5.41, 5.74) is 3.83. The molecule has 0 radical (unpaired) electrons. The summed E-state index contributed by atoms with van der Waals surface area (Å²) in [6, 6.07) is 18.4. The molecule has 0 N–H and O–H groups in total. The fourth-order valence-corrected chi connectivity index (χ4v) is 4.33. The highest BCUT2D eigenvalue weighted by Gasteiger charge is 2.40. The van der Waals surface area contributed by atoms with E-state index < -0.39 is 35.3 Å². The smallest absolute Gasteiger partial charge is 0.338 e. The zero-order chi connectivity index (χ0) is 26.8. The van der Waals surface area contributed by atoms with Crippen LogP contribution in [0.5, 0.6) is 0 Å². The molecule has 0 spiro atoms. The lowest BCUT2D eigenvalue weighted by Crippen LogP contribution is -2.32. The van der Waals surface area contributed by atoms with Crippen molar-refractivity contribution in [3.05, 3.63) is 105 Å². The van der Waals surface area contributed by atoms with Crippen LogP contribution in [-0.2, 0) is 14.2 Å². The largest absolute Gasteiger partial charge is 0.459 e. The third kappa shape index (κ3) is 5.25. The Bertz CT molecular complexity index is 1500. The van der Waals surface area contributed by atoms with Crippen molar-refractivity contribution in [2.45, 2.75) is 38.7 Å². The Morgan fingerprint density at radius 1 is 1.00 bits per heavy atom. The molecule has 4 aromatic rings. The maximum absolute atomic E-state index is 12.9. The van der Waals surface area contributed by atoms with Gasteiger partial charge in [0.2, 0.25) is 0 Å². The number of nitro groups is 1. The van der Waals surface area contributed by atoms with Gasteiger partial charge in [0.25, 0.3) is 5.69 Å². The topological polar surface area (TPSA) is 123 Å². The van der Waals surface area contributed by atoms with Crippen molar-refractivity contribution in [3.8, 4) is 0 Å². The van der Waals surface area contributed by atoms with Gasteiger partial charge in [0.15, 0.2) is 0 Å². The molecule has 1 aromatic heterocycles. The van der Waals surface area contributed by atoms with Gasteiger partial charge in [-0.25, -0.2) is 14.6 Å². The fraction of sp³-hybridized carbons (Fsp3) is 0.250. The van der Waals surface area contributed by atoms with Gasteiger partial charge in [0.1, 0.15) is 25.0 Å². The molecule has 3 aromatic carbocycles. The normalized spacial score (nSPS) is 18.8. The third-order valence-corrected chi connectivity index (χ3v) is 6.47. The Hall–Kier alpha value is -4.57. The summed E-state index contributed by atoms with van der Waals surface area (Å²) in [6.45, 7) is 3.72. The number of nitrogens with zero attached hydrogens (tertiary/aromatic N) is 3. The number of ether oxygens (including phenoxy) is 3. The first-order valence-corrected chi connectivity index (χ1v) is 12.1. The van der Waals surface area contributed by atoms with E-state index in [-0.39, 0.29) is 18.7 Å². The second-order valence-corrected chi connectivity index (χ2v) is 9.22. The van der Waals surface area contributed by atoms with E-state index in [4.69, 9.17) is 14.2 Å². The Morgan fingerprint density at radius 2 is 1.63 bits per heavy atom. The van der Waals surface area contributed by atoms with Crippen molar-refractivity contribution in [2.75, 3.05) is 6.61 Å². The lowest BCUT2D eigenvalue weighted by molar-refractivity contribution is -0.384. The van der Waals surface area contributed by atoms with Gasteiger partial charge in [0.05, 0.1) is 33.4 Å². The molecule has 1 fully saturated rings. The van der Waals surface area contributed by atoms with Crippen LogP contribution in [0.2, 0.25) is 0 Å². The molecule has 0 aliphatic carbocycles. The summed E-state index contributed by atoms with van der Waals surface area (Å²) >= 11 is 0. The van der Waals surface area contributed by atoms with Crippen molar-refractivity contribution in [1.82, 2.24) is 9.55 Å². The molecule has 1 aliphatic rings. The van der Waals surface area contributed by atoms with Gasteiger partial charge in [-0.1, -0.05) is 35.4 Å². The van der Waals surface area contributed by atoms with Gasteiger partial charge < -0.3 is 18.8 Å². The van der Waals surface area contributed by atoms with Crippen LogP contribution in [0.4, 0.5) is 5.69 Å². The number of benzene rings is 3. The van der Waals surface area contributed by atoms with Crippen molar-refractivity contribution in [2.24, 2.45) is 0 Å². The van der Waals surface area contributed by atoms with E-state index in [0.717, 1.165) is 11.1 Å². The number of carbonyl (C=O) groups excluding carboxylic acids is 2. The number of fused-ring (bicyclic) bond motifs is 1. The molecule has 5 rings (SSSR count). The second-order valence-electron chi connectivity index (χ2n) is 9.22. The highest BCUT2D eigenvalue weighted by atomic mass is 16.6. The van der Waals surface area contributed by atoms with E-state index >= 15 is 0 Å². The minimum absolute atomic E-state index is 0.0686. The van der Waals surface area contributed by atoms with Crippen LogP contribution in [0.3, 0.4) is 0 Å². The van der Waals surface area contributed by atoms with E-state index in [0.29, 0.717) is 22.2 Å². The number of rotatable bonds is 7. The molecule has 38 heavy (non-hydrogen) atoms. The molecular formula is C28H25N3O7. The molecule has 1 saturated heterocycles. The first kappa shape index (κ1) is 25.1. The van der Waals surface area contributed by atoms with Gasteiger partial charge in [-0.15, -0.1) is 0 Å². The average molecular weight is 516 g/mol. The fourth-order valence-electron chi connectivity index (χ4n) is 4.33. The predicted molar refractivity (Wildman–Crippen MR) is 137 cm³/mol. The summed E-state index contributed by atoms with van der Waals surface area (Å²) in [5.74, 6) is -1.03. The number of non-ortho nitro benzene ring substituents is 1. The molecular weight excluding hydrogens is 490 g/mol. The van der Waals surface area contributed by atoms with E-state index in [1.807, 2.05) is 38.1 Å². The standard InChI is InChI=1S/C28H25N3O7/c1-17-3-7-19(8-4-17)27(32)36-15-25-24(38-28(33)20-9-5-18(2)6-10-20)14-26(37-25)30-16-29-22-13-21(31(34)35)11-12-23(22)30/h3-13,16,24-26H,14-15H2,1-2H3/t24-,25+,26+/m0/s1. The number of aryl methyl sites for hydroxylation is 2. The summed E-state index contributed by atoms with van der Waals surface area (Å²) in [4.78, 5) is 40.4. The molecule has 2 heterocycles. The summed E-state index contributed by atoms with van der Waals surface area (Å²) < 4.78 is 19.3. The average Bonchev–Trinajstić information content (AvgIpc) is 3.51. The molecule has 0 amide bonds. The molecule has 1 aliphatic heterocycles. The van der Waals surface area contributed by atoms with Crippen LogP contribution in [0.1, 0.15) is 44.5 Å². The number of imidazole rings is 1. The van der Waals surface area contributed by atoms with Crippen molar-refractivity contribution < 1.29 is 28.7 Å². The monoisotopic (exact) mass is 515 g/mol. The van der Waals surface area contributed by atoms with Crippen LogP contribution in [-0.4, -0.2) is 45.2 Å². The van der Waals surface area contributed by atoms with Gasteiger partial charge in [-0.05, 0) is 44.2 Å². The Balaban J connectivity index is 1.36. The number of nitro benzene ring substituents is 1. The number of hydrogen-bond donors (Lipinski definition) is 0. The lowest BCUT2D eigenvalue weighted by atomic mass is 10.1. The molecule has 10 nitrogen and oxygen atoms in total. The SMILES string of the molecule is Cc1ccc(C(=O)OC[C@H]2O[C@@H](n3cnc4cc([N+](=O)[O-])ccc43)C[C@@H]2OC(=O)c2ccc(C)cc2)cc1. The number of esters is 2. The van der Waals surface area contributed by atoms with Gasteiger partial charge in [0, 0.05) is 18.6 Å². The highest BCUT2D eigenvalue weighted by molar-refractivity contribution is 5.90. The molecule has 0 saturated carbocycles. The lowest BCUT2D eigenvalue weighted by Gasteiger charge is -2.19. The van der Waals surface area contributed by atoms with Gasteiger partial charge in [-0.3, -0.25) is 10.1 Å². The van der Waals surface area contributed by atoms with E-state index in [9.17, 15) is 19.7 Å². The quantitative estimate of drug-likeness (QED) is 0.193. The van der Waals surface area contributed by atoms with E-state index in [1.54, 1.807) is 34.9 Å². The Kier molecular flexibility index (Phi) is 6.89. The molecule has 0 bridgehead atoms. The first-order chi connectivity index (χ1) is 18.3. The summed E-state index contributed by atoms with van der Waals surface area (Å²) in [5, 5.41) is 11.1. The van der Waals surface area contributed by atoms with Crippen LogP contribution >= 0.6 is 0 Å². The predicted octanol–water partition coefficient (Wildman–Crippen LogP) is 4.93. The van der Waals surface area contributed by atoms with Crippen molar-refractivity contribution in [3.63, 3.8) is 0 Å². The minimum Gasteiger partial charge on any atom is -0.459 e.